The summed E-state index contributed by atoms with van der Waals surface area (Å²) in [6.45, 7) is 3.77. The predicted octanol–water partition coefficient (Wildman–Crippen LogP) is 3.42. The Balaban J connectivity index is 1.56. The van der Waals surface area contributed by atoms with Crippen LogP contribution in [0, 0.1) is 13.8 Å². The van der Waals surface area contributed by atoms with Gasteiger partial charge in [-0.25, -0.2) is 0 Å². The molecule has 0 saturated heterocycles. The van der Waals surface area contributed by atoms with Gasteiger partial charge in [0.05, 0.1) is 22.3 Å². The number of aromatic nitrogens is 2. The molecule has 2 aromatic carbocycles. The Hall–Kier alpha value is -3.67. The molecule has 28 heavy (non-hydrogen) atoms. The number of fused-ring (bicyclic) bond motifs is 2. The molecular formula is C22H20N4O2. The molecule has 0 atom stereocenters. The van der Waals surface area contributed by atoms with Crippen molar-refractivity contribution >= 4 is 33.6 Å². The molecule has 2 amide bonds. The van der Waals surface area contributed by atoms with E-state index in [1.807, 2.05) is 61.0 Å². The molecular weight excluding hydrogens is 352 g/mol. The molecule has 6 heteroatoms. The van der Waals surface area contributed by atoms with E-state index >= 15 is 0 Å². The van der Waals surface area contributed by atoms with Gasteiger partial charge >= 0.3 is 0 Å². The van der Waals surface area contributed by atoms with Crippen LogP contribution in [0.5, 0.6) is 0 Å². The van der Waals surface area contributed by atoms with Crippen LogP contribution < -0.4 is 10.9 Å². The highest BCUT2D eigenvalue weighted by molar-refractivity contribution is 6.08. The van der Waals surface area contributed by atoms with Crippen molar-refractivity contribution in [3.63, 3.8) is 0 Å². The summed E-state index contributed by atoms with van der Waals surface area (Å²) in [5.41, 5.74) is 9.42. The molecule has 0 aliphatic heterocycles. The van der Waals surface area contributed by atoms with Crippen LogP contribution in [-0.2, 0) is 7.05 Å². The second kappa shape index (κ2) is 6.81. The number of nitrogens with zero attached hydrogens (tertiary/aromatic N) is 2. The number of hydrogen-bond donors (Lipinski definition) is 2. The van der Waals surface area contributed by atoms with Crippen molar-refractivity contribution in [2.45, 2.75) is 13.8 Å². The van der Waals surface area contributed by atoms with E-state index in [-0.39, 0.29) is 5.91 Å². The zero-order valence-electron chi connectivity index (χ0n) is 15.9. The summed E-state index contributed by atoms with van der Waals surface area (Å²) in [5, 5.41) is 1.71. The maximum atomic E-state index is 12.6. The van der Waals surface area contributed by atoms with Crippen LogP contribution in [0.4, 0.5) is 0 Å². The van der Waals surface area contributed by atoms with Crippen LogP contribution in [-0.4, -0.2) is 21.4 Å². The molecule has 0 saturated carbocycles. The molecule has 0 aliphatic carbocycles. The van der Waals surface area contributed by atoms with Crippen molar-refractivity contribution in [1.29, 1.82) is 0 Å². The SMILES string of the molecule is Cc1ccc2nc(C)c(C(=O)NNC(=O)c3cn(C)c4ccccc34)cc2c1. The minimum absolute atomic E-state index is 0.368. The van der Waals surface area contributed by atoms with Gasteiger partial charge < -0.3 is 4.57 Å². The summed E-state index contributed by atoms with van der Waals surface area (Å²) >= 11 is 0. The molecule has 4 rings (SSSR count). The van der Waals surface area contributed by atoms with Crippen molar-refractivity contribution in [1.82, 2.24) is 20.4 Å². The first kappa shape index (κ1) is 17.7. The van der Waals surface area contributed by atoms with Gasteiger partial charge in [-0.1, -0.05) is 29.8 Å². The fraction of sp³-hybridized carbons (Fsp3) is 0.136. The van der Waals surface area contributed by atoms with Crippen LogP contribution in [0.1, 0.15) is 32.0 Å². The fourth-order valence-corrected chi connectivity index (χ4v) is 3.39. The summed E-state index contributed by atoms with van der Waals surface area (Å²) in [7, 11) is 1.88. The third-order valence-electron chi connectivity index (χ3n) is 4.84. The second-order valence-corrected chi connectivity index (χ2v) is 6.90. The summed E-state index contributed by atoms with van der Waals surface area (Å²) < 4.78 is 1.88. The highest BCUT2D eigenvalue weighted by Gasteiger charge is 2.16. The molecule has 4 aromatic rings. The number of nitrogens with one attached hydrogen (secondary N) is 2. The normalized spacial score (nSPS) is 11.0. The highest BCUT2D eigenvalue weighted by Crippen LogP contribution is 2.20. The lowest BCUT2D eigenvalue weighted by Gasteiger charge is -2.10. The monoisotopic (exact) mass is 372 g/mol. The Morgan fingerprint density at radius 1 is 0.929 bits per heavy atom. The zero-order valence-corrected chi connectivity index (χ0v) is 15.9. The Labute approximate surface area is 162 Å². The van der Waals surface area contributed by atoms with Crippen molar-refractivity contribution in [3.8, 4) is 0 Å². The van der Waals surface area contributed by atoms with Crippen LogP contribution in [0.25, 0.3) is 21.8 Å². The van der Waals surface area contributed by atoms with Crippen LogP contribution in [0.15, 0.2) is 54.7 Å². The molecule has 0 aliphatic rings. The van der Waals surface area contributed by atoms with Crippen molar-refractivity contribution < 1.29 is 9.59 Å². The van der Waals surface area contributed by atoms with Gasteiger partial charge in [0, 0.05) is 29.5 Å². The molecule has 140 valence electrons. The van der Waals surface area contributed by atoms with E-state index in [1.54, 1.807) is 19.2 Å². The maximum absolute atomic E-state index is 12.6. The number of aryl methyl sites for hydroxylation is 3. The van der Waals surface area contributed by atoms with Gasteiger partial charge in [-0.15, -0.1) is 0 Å². The Bertz CT molecular complexity index is 1240. The van der Waals surface area contributed by atoms with E-state index in [9.17, 15) is 9.59 Å². The molecule has 2 aromatic heterocycles. The van der Waals surface area contributed by atoms with Crippen LogP contribution in [0.2, 0.25) is 0 Å². The Morgan fingerprint density at radius 3 is 2.43 bits per heavy atom. The first-order chi connectivity index (χ1) is 13.4. The lowest BCUT2D eigenvalue weighted by atomic mass is 10.1. The molecule has 2 heterocycles. The second-order valence-electron chi connectivity index (χ2n) is 6.90. The third-order valence-corrected chi connectivity index (χ3v) is 4.84. The predicted molar refractivity (Wildman–Crippen MR) is 109 cm³/mol. The number of carbonyl (C=O) groups excluding carboxylic acids is 2. The molecule has 0 fully saturated rings. The fourth-order valence-electron chi connectivity index (χ4n) is 3.39. The molecule has 2 N–H and O–H groups in total. The first-order valence-electron chi connectivity index (χ1n) is 8.97. The van der Waals surface area contributed by atoms with Gasteiger partial charge in [-0.05, 0) is 38.1 Å². The summed E-state index contributed by atoms with van der Waals surface area (Å²) in [5.74, 6) is -0.769. The van der Waals surface area contributed by atoms with Gasteiger partial charge in [0.2, 0.25) is 0 Å². The third kappa shape index (κ3) is 3.09. The van der Waals surface area contributed by atoms with E-state index in [0.717, 1.165) is 27.4 Å². The van der Waals surface area contributed by atoms with E-state index in [2.05, 4.69) is 15.8 Å². The topological polar surface area (TPSA) is 76.0 Å². The number of hydrazine groups is 1. The number of pyridine rings is 1. The molecule has 0 radical (unpaired) electrons. The average Bonchev–Trinajstić information content (AvgIpc) is 3.03. The smallest absolute Gasteiger partial charge is 0.271 e. The Morgan fingerprint density at radius 2 is 1.64 bits per heavy atom. The summed E-state index contributed by atoms with van der Waals surface area (Å²) in [6, 6.07) is 15.3. The van der Waals surface area contributed by atoms with Gasteiger partial charge in [0.25, 0.3) is 11.8 Å². The maximum Gasteiger partial charge on any atom is 0.271 e. The van der Waals surface area contributed by atoms with E-state index in [1.165, 1.54) is 0 Å². The zero-order chi connectivity index (χ0) is 19.8. The van der Waals surface area contributed by atoms with Crippen LogP contribution in [0.3, 0.4) is 0 Å². The largest absolute Gasteiger partial charge is 0.350 e. The van der Waals surface area contributed by atoms with Crippen LogP contribution >= 0.6 is 0 Å². The van der Waals surface area contributed by atoms with Crippen molar-refractivity contribution in [2.75, 3.05) is 0 Å². The molecule has 0 spiro atoms. The average molecular weight is 372 g/mol. The van der Waals surface area contributed by atoms with Crippen molar-refractivity contribution in [2.24, 2.45) is 7.05 Å². The standard InChI is InChI=1S/C22H20N4O2/c1-13-8-9-19-15(10-13)11-17(14(2)23-19)21(27)24-25-22(28)18-12-26(3)20-7-5-4-6-16(18)20/h4-12H,1-3H3,(H,24,27)(H,25,28). The number of benzene rings is 2. The number of hydrogen-bond acceptors (Lipinski definition) is 3. The van der Waals surface area contributed by atoms with E-state index < -0.39 is 5.91 Å². The Kier molecular flexibility index (Phi) is 4.31. The van der Waals surface area contributed by atoms with Gasteiger partial charge in [-0.3, -0.25) is 25.4 Å². The number of amides is 2. The summed E-state index contributed by atoms with van der Waals surface area (Å²) in [4.78, 5) is 29.7. The first-order valence-corrected chi connectivity index (χ1v) is 8.97. The highest BCUT2D eigenvalue weighted by atomic mass is 16.2. The number of para-hydroxylation sites is 1. The minimum atomic E-state index is -0.401. The van der Waals surface area contributed by atoms with Crippen molar-refractivity contribution in [3.05, 3.63) is 77.1 Å². The lowest BCUT2D eigenvalue weighted by molar-refractivity contribution is 0.0847. The van der Waals surface area contributed by atoms with E-state index in [0.29, 0.717) is 16.8 Å². The van der Waals surface area contributed by atoms with Gasteiger partial charge in [0.1, 0.15) is 0 Å². The quantitative estimate of drug-likeness (QED) is 0.530. The minimum Gasteiger partial charge on any atom is -0.350 e. The summed E-state index contributed by atoms with van der Waals surface area (Å²) in [6.07, 6.45) is 1.75. The number of rotatable bonds is 2. The van der Waals surface area contributed by atoms with Gasteiger partial charge in [-0.2, -0.15) is 0 Å². The lowest BCUT2D eigenvalue weighted by Crippen LogP contribution is -2.41. The molecule has 0 unspecified atom stereocenters. The number of carbonyl (C=O) groups is 2. The van der Waals surface area contributed by atoms with E-state index in [4.69, 9.17) is 0 Å². The molecule has 6 nitrogen and oxygen atoms in total. The van der Waals surface area contributed by atoms with Gasteiger partial charge in [0.15, 0.2) is 0 Å². The molecule has 0 bridgehead atoms.